The summed E-state index contributed by atoms with van der Waals surface area (Å²) >= 11 is 0. The van der Waals surface area contributed by atoms with Gasteiger partial charge in [-0.05, 0) is 25.5 Å². The van der Waals surface area contributed by atoms with E-state index in [1.807, 2.05) is 26.1 Å². The number of nitrogens with zero attached hydrogens (tertiary/aromatic N) is 4. The zero-order valence-electron chi connectivity index (χ0n) is 10.8. The number of H-pyrrole nitrogens is 1. The molecule has 2 heterocycles. The molecule has 0 aliphatic heterocycles. The van der Waals surface area contributed by atoms with Crippen LogP contribution in [0.2, 0.25) is 0 Å². The quantitative estimate of drug-likeness (QED) is 0.880. The number of likely N-dealkylation sites (N-methyl/N-ethyl adjacent to an activating group) is 1. The van der Waals surface area contributed by atoms with Crippen LogP contribution in [0.5, 0.6) is 0 Å². The fourth-order valence-electron chi connectivity index (χ4n) is 1.78. The molecule has 1 amide bonds. The molecule has 0 spiro atoms. The first-order valence-electron chi connectivity index (χ1n) is 5.82. The second-order valence-electron chi connectivity index (χ2n) is 4.45. The van der Waals surface area contributed by atoms with E-state index in [0.29, 0.717) is 6.54 Å². The van der Waals surface area contributed by atoms with Crippen molar-refractivity contribution in [3.05, 3.63) is 35.9 Å². The predicted molar refractivity (Wildman–Crippen MR) is 66.7 cm³/mol. The monoisotopic (exact) mass is 247 g/mol. The Morgan fingerprint density at radius 1 is 1.61 bits per heavy atom. The third-order valence-corrected chi connectivity index (χ3v) is 2.83. The van der Waals surface area contributed by atoms with Crippen LogP contribution in [0, 0.1) is 6.92 Å². The third kappa shape index (κ3) is 2.58. The van der Waals surface area contributed by atoms with Crippen molar-refractivity contribution in [2.75, 3.05) is 7.05 Å². The van der Waals surface area contributed by atoms with Gasteiger partial charge in [0.25, 0.3) is 0 Å². The first kappa shape index (κ1) is 12.3. The van der Waals surface area contributed by atoms with E-state index in [1.54, 1.807) is 29.0 Å². The molecule has 0 saturated heterocycles. The van der Waals surface area contributed by atoms with Crippen molar-refractivity contribution < 1.29 is 4.79 Å². The van der Waals surface area contributed by atoms with Crippen molar-refractivity contribution in [3.63, 3.8) is 0 Å². The summed E-state index contributed by atoms with van der Waals surface area (Å²) in [5.74, 6) is 0.0210. The molecule has 2 aromatic rings. The fourth-order valence-corrected chi connectivity index (χ4v) is 1.78. The molecule has 1 atom stereocenters. The number of aryl methyl sites for hydroxylation is 1. The SMILES string of the molecule is Cc1cnn([C@@H](C)C(=O)N(C)Cc2ccn[nH]2)c1. The largest absolute Gasteiger partial charge is 0.338 e. The van der Waals surface area contributed by atoms with Crippen molar-refractivity contribution in [3.8, 4) is 0 Å². The molecule has 1 N–H and O–H groups in total. The normalized spacial score (nSPS) is 12.4. The van der Waals surface area contributed by atoms with Crippen LogP contribution in [0.4, 0.5) is 0 Å². The number of amides is 1. The molecule has 0 aliphatic carbocycles. The van der Waals surface area contributed by atoms with Gasteiger partial charge in [-0.2, -0.15) is 10.2 Å². The lowest BCUT2D eigenvalue weighted by Crippen LogP contribution is -2.33. The first-order chi connectivity index (χ1) is 8.58. The lowest BCUT2D eigenvalue weighted by atomic mass is 10.3. The van der Waals surface area contributed by atoms with Crippen LogP contribution < -0.4 is 0 Å². The van der Waals surface area contributed by atoms with Crippen LogP contribution in [0.15, 0.2) is 24.7 Å². The third-order valence-electron chi connectivity index (χ3n) is 2.83. The molecule has 0 fully saturated rings. The second-order valence-corrected chi connectivity index (χ2v) is 4.45. The van der Waals surface area contributed by atoms with Crippen LogP contribution in [0.3, 0.4) is 0 Å². The van der Waals surface area contributed by atoms with Crippen LogP contribution in [0.25, 0.3) is 0 Å². The highest BCUT2D eigenvalue weighted by molar-refractivity contribution is 5.79. The minimum absolute atomic E-state index is 0.0210. The van der Waals surface area contributed by atoms with Crippen LogP contribution in [0.1, 0.15) is 24.2 Å². The molecule has 0 unspecified atom stereocenters. The van der Waals surface area contributed by atoms with Crippen molar-refractivity contribution in [1.29, 1.82) is 0 Å². The average molecular weight is 247 g/mol. The highest BCUT2D eigenvalue weighted by atomic mass is 16.2. The Bertz CT molecular complexity index is 516. The minimum Gasteiger partial charge on any atom is -0.338 e. The van der Waals surface area contributed by atoms with Gasteiger partial charge >= 0.3 is 0 Å². The number of aromatic nitrogens is 4. The summed E-state index contributed by atoms with van der Waals surface area (Å²) in [6, 6.07) is 1.55. The molecule has 0 saturated carbocycles. The van der Waals surface area contributed by atoms with Crippen LogP contribution in [-0.2, 0) is 11.3 Å². The number of rotatable bonds is 4. The molecule has 96 valence electrons. The van der Waals surface area contributed by atoms with Gasteiger partial charge in [-0.3, -0.25) is 14.6 Å². The molecule has 0 aromatic carbocycles. The highest BCUT2D eigenvalue weighted by Crippen LogP contribution is 2.10. The number of carbonyl (C=O) groups is 1. The Morgan fingerprint density at radius 3 is 2.94 bits per heavy atom. The maximum atomic E-state index is 12.2. The Balaban J connectivity index is 2.02. The summed E-state index contributed by atoms with van der Waals surface area (Å²) in [5, 5.41) is 10.9. The molecule has 2 rings (SSSR count). The first-order valence-corrected chi connectivity index (χ1v) is 5.82. The summed E-state index contributed by atoms with van der Waals surface area (Å²) in [6.45, 7) is 4.32. The predicted octanol–water partition coefficient (Wildman–Crippen LogP) is 1.13. The molecule has 6 heteroatoms. The van der Waals surface area contributed by atoms with Crippen molar-refractivity contribution >= 4 is 5.91 Å². The summed E-state index contributed by atoms with van der Waals surface area (Å²) in [6.07, 6.45) is 5.29. The number of aromatic amines is 1. The Kier molecular flexibility index (Phi) is 3.45. The van der Waals surface area contributed by atoms with E-state index in [4.69, 9.17) is 0 Å². The van der Waals surface area contributed by atoms with E-state index >= 15 is 0 Å². The number of hydrogen-bond acceptors (Lipinski definition) is 3. The van der Waals surface area contributed by atoms with Gasteiger partial charge < -0.3 is 4.90 Å². The topological polar surface area (TPSA) is 66.8 Å². The van der Waals surface area contributed by atoms with Gasteiger partial charge in [-0.1, -0.05) is 0 Å². The van der Waals surface area contributed by atoms with Gasteiger partial charge in [0.1, 0.15) is 6.04 Å². The molecular formula is C12H17N5O. The van der Waals surface area contributed by atoms with Gasteiger partial charge in [0.2, 0.25) is 5.91 Å². The lowest BCUT2D eigenvalue weighted by molar-refractivity contribution is -0.133. The minimum atomic E-state index is -0.299. The van der Waals surface area contributed by atoms with Crippen LogP contribution in [-0.4, -0.2) is 37.8 Å². The van der Waals surface area contributed by atoms with Crippen molar-refractivity contribution in [2.45, 2.75) is 26.4 Å². The zero-order valence-corrected chi connectivity index (χ0v) is 10.8. The second kappa shape index (κ2) is 5.03. The van der Waals surface area contributed by atoms with Gasteiger partial charge in [-0.15, -0.1) is 0 Å². The average Bonchev–Trinajstić information content (AvgIpc) is 2.98. The van der Waals surface area contributed by atoms with E-state index < -0.39 is 0 Å². The van der Waals surface area contributed by atoms with Crippen LogP contribution >= 0.6 is 0 Å². The summed E-state index contributed by atoms with van der Waals surface area (Å²) in [4.78, 5) is 13.9. The lowest BCUT2D eigenvalue weighted by Gasteiger charge is -2.20. The van der Waals surface area contributed by atoms with E-state index in [-0.39, 0.29) is 11.9 Å². The van der Waals surface area contributed by atoms with Gasteiger partial charge in [-0.25, -0.2) is 0 Å². The van der Waals surface area contributed by atoms with E-state index in [0.717, 1.165) is 11.3 Å². The Labute approximate surface area is 106 Å². The fraction of sp³-hybridized carbons (Fsp3) is 0.417. The molecular weight excluding hydrogens is 230 g/mol. The Morgan fingerprint density at radius 2 is 2.39 bits per heavy atom. The summed E-state index contributed by atoms with van der Waals surface area (Å²) in [7, 11) is 1.77. The zero-order chi connectivity index (χ0) is 13.1. The highest BCUT2D eigenvalue weighted by Gasteiger charge is 2.20. The molecule has 0 aliphatic rings. The summed E-state index contributed by atoms with van der Waals surface area (Å²) < 4.78 is 1.68. The van der Waals surface area contributed by atoms with E-state index in [9.17, 15) is 4.79 Å². The smallest absolute Gasteiger partial charge is 0.247 e. The molecule has 0 radical (unpaired) electrons. The van der Waals surface area contributed by atoms with E-state index in [2.05, 4.69) is 15.3 Å². The van der Waals surface area contributed by atoms with Gasteiger partial charge in [0.05, 0.1) is 18.4 Å². The molecule has 6 nitrogen and oxygen atoms in total. The maximum absolute atomic E-state index is 12.2. The van der Waals surface area contributed by atoms with Crippen molar-refractivity contribution in [2.24, 2.45) is 0 Å². The van der Waals surface area contributed by atoms with Gasteiger partial charge in [0, 0.05) is 19.4 Å². The number of carbonyl (C=O) groups excluding carboxylic acids is 1. The maximum Gasteiger partial charge on any atom is 0.247 e. The Hall–Kier alpha value is -2.11. The van der Waals surface area contributed by atoms with E-state index in [1.165, 1.54) is 0 Å². The summed E-state index contributed by atoms with van der Waals surface area (Å²) in [5.41, 5.74) is 1.96. The van der Waals surface area contributed by atoms with Crippen molar-refractivity contribution in [1.82, 2.24) is 24.9 Å². The molecule has 2 aromatic heterocycles. The molecule has 18 heavy (non-hydrogen) atoms. The van der Waals surface area contributed by atoms with Gasteiger partial charge in [0.15, 0.2) is 0 Å². The number of nitrogens with one attached hydrogen (secondary N) is 1. The number of hydrogen-bond donors (Lipinski definition) is 1. The standard InChI is InChI=1S/C12H17N5O/c1-9-6-14-17(7-9)10(2)12(18)16(3)8-11-4-5-13-15-11/h4-7,10H,8H2,1-3H3,(H,13,15)/t10-/m0/s1. The molecule has 0 bridgehead atoms.